The third-order valence-electron chi connectivity index (χ3n) is 6.51. The Morgan fingerprint density at radius 1 is 1.28 bits per heavy atom. The summed E-state index contributed by atoms with van der Waals surface area (Å²) in [6, 6.07) is 3.81. The zero-order valence-corrected chi connectivity index (χ0v) is 19.7. The smallest absolute Gasteiger partial charge is 0.256 e. The summed E-state index contributed by atoms with van der Waals surface area (Å²) in [7, 11) is 3.19. The van der Waals surface area contributed by atoms with Gasteiger partial charge in [-0.2, -0.15) is 0 Å². The Hall–Kier alpha value is -2.35. The van der Waals surface area contributed by atoms with Crippen LogP contribution in [0.3, 0.4) is 0 Å². The summed E-state index contributed by atoms with van der Waals surface area (Å²) < 4.78 is 16.8. The number of aromatic amines is 1. The monoisotopic (exact) mass is 460 g/mol. The van der Waals surface area contributed by atoms with Gasteiger partial charge in [-0.15, -0.1) is 0 Å². The Balaban J connectivity index is 1.71. The minimum atomic E-state index is -0.253. The first-order chi connectivity index (χ1) is 15.3. The van der Waals surface area contributed by atoms with Gasteiger partial charge in [-0.1, -0.05) is 17.7 Å². The number of pyridine rings is 1. The molecule has 1 aromatic carbocycles. The standard InChI is InChI=1S/C24H29ClN2O5/c1-13-9-17(22(31-4)15-6-8-32-12-15)21(25)20-16(13)5-7-27(24(20)29)11-18-19(30-3)10-14(2)26-23(18)28/h9-10,15,22H,5-8,11-12H2,1-4H3,(H,26,28)/t15-,22?/m1/s1. The highest BCUT2D eigenvalue weighted by molar-refractivity contribution is 6.35. The molecule has 0 aliphatic carbocycles. The van der Waals surface area contributed by atoms with E-state index in [0.717, 1.165) is 23.1 Å². The summed E-state index contributed by atoms with van der Waals surface area (Å²) >= 11 is 6.86. The van der Waals surface area contributed by atoms with E-state index in [4.69, 9.17) is 25.8 Å². The topological polar surface area (TPSA) is 80.9 Å². The molecule has 1 saturated heterocycles. The Morgan fingerprint density at radius 3 is 2.72 bits per heavy atom. The van der Waals surface area contributed by atoms with E-state index >= 15 is 0 Å². The zero-order chi connectivity index (χ0) is 23.0. The van der Waals surface area contributed by atoms with E-state index in [-0.39, 0.29) is 30.0 Å². The van der Waals surface area contributed by atoms with Gasteiger partial charge in [0.1, 0.15) is 5.75 Å². The van der Waals surface area contributed by atoms with E-state index in [9.17, 15) is 9.59 Å². The molecule has 2 aliphatic rings. The second-order valence-corrected chi connectivity index (χ2v) is 8.91. The molecule has 0 bridgehead atoms. The molecule has 2 aliphatic heterocycles. The zero-order valence-electron chi connectivity index (χ0n) is 18.9. The highest BCUT2D eigenvalue weighted by Crippen LogP contribution is 2.40. The van der Waals surface area contributed by atoms with Crippen molar-refractivity contribution in [3.05, 3.63) is 61.0 Å². The van der Waals surface area contributed by atoms with E-state index in [1.165, 1.54) is 7.11 Å². The molecule has 3 heterocycles. The number of H-pyrrole nitrogens is 1. The molecule has 1 aromatic heterocycles. The number of nitrogens with one attached hydrogen (secondary N) is 1. The fourth-order valence-electron chi connectivity index (χ4n) is 4.84. The Morgan fingerprint density at radius 2 is 2.06 bits per heavy atom. The van der Waals surface area contributed by atoms with Crippen molar-refractivity contribution < 1.29 is 19.0 Å². The van der Waals surface area contributed by atoms with Crippen LogP contribution in [0.15, 0.2) is 16.9 Å². The number of rotatable bonds is 6. The van der Waals surface area contributed by atoms with Crippen molar-refractivity contribution in [1.29, 1.82) is 0 Å². The fraction of sp³-hybridized carbons (Fsp3) is 0.500. The first kappa shape index (κ1) is 22.8. The van der Waals surface area contributed by atoms with E-state index in [1.54, 1.807) is 25.0 Å². The number of hydrogen-bond donors (Lipinski definition) is 1. The third kappa shape index (κ3) is 4.05. The lowest BCUT2D eigenvalue weighted by atomic mass is 9.87. The van der Waals surface area contributed by atoms with Gasteiger partial charge in [0.2, 0.25) is 0 Å². The van der Waals surface area contributed by atoms with Crippen molar-refractivity contribution in [3.8, 4) is 5.75 Å². The molecule has 0 radical (unpaired) electrons. The quantitative estimate of drug-likeness (QED) is 0.712. The highest BCUT2D eigenvalue weighted by atomic mass is 35.5. The summed E-state index contributed by atoms with van der Waals surface area (Å²) in [5.74, 6) is 0.488. The van der Waals surface area contributed by atoms with Crippen LogP contribution in [0.25, 0.3) is 0 Å². The van der Waals surface area contributed by atoms with Crippen molar-refractivity contribution >= 4 is 17.5 Å². The number of halogens is 1. The van der Waals surface area contributed by atoms with Gasteiger partial charge in [0, 0.05) is 37.4 Å². The van der Waals surface area contributed by atoms with E-state index in [1.807, 2.05) is 13.0 Å². The maximum atomic E-state index is 13.6. The Bertz CT molecular complexity index is 1090. The highest BCUT2D eigenvalue weighted by Gasteiger charge is 2.35. The number of carbonyl (C=O) groups is 1. The average molecular weight is 461 g/mol. The average Bonchev–Trinajstić information content (AvgIpc) is 3.29. The largest absolute Gasteiger partial charge is 0.496 e. The molecule has 0 saturated carbocycles. The summed E-state index contributed by atoms with van der Waals surface area (Å²) in [6.45, 7) is 5.77. The molecule has 1 fully saturated rings. The summed E-state index contributed by atoms with van der Waals surface area (Å²) in [5, 5.41) is 0.434. The van der Waals surface area contributed by atoms with Crippen LogP contribution in [0.1, 0.15) is 50.8 Å². The molecule has 1 N–H and O–H groups in total. The lowest BCUT2D eigenvalue weighted by Crippen LogP contribution is -2.39. The Kier molecular flexibility index (Phi) is 6.60. The predicted octanol–water partition coefficient (Wildman–Crippen LogP) is 3.58. The van der Waals surface area contributed by atoms with Gasteiger partial charge in [-0.05, 0) is 43.9 Å². The first-order valence-corrected chi connectivity index (χ1v) is 11.2. The predicted molar refractivity (Wildman–Crippen MR) is 122 cm³/mol. The number of benzene rings is 1. The normalized spacial score (nSPS) is 19.2. The number of aryl methyl sites for hydroxylation is 2. The first-order valence-electron chi connectivity index (χ1n) is 10.8. The number of aromatic nitrogens is 1. The lowest BCUT2D eigenvalue weighted by Gasteiger charge is -2.32. The van der Waals surface area contributed by atoms with E-state index in [2.05, 4.69) is 4.98 Å². The molecular formula is C24H29ClN2O5. The third-order valence-corrected chi connectivity index (χ3v) is 6.91. The van der Waals surface area contributed by atoms with Crippen molar-refractivity contribution in [2.75, 3.05) is 34.0 Å². The maximum absolute atomic E-state index is 13.6. The second kappa shape index (κ2) is 9.25. The molecule has 1 amide bonds. The van der Waals surface area contributed by atoms with Crippen molar-refractivity contribution in [2.24, 2.45) is 5.92 Å². The van der Waals surface area contributed by atoms with Crippen LogP contribution >= 0.6 is 11.6 Å². The number of amides is 1. The summed E-state index contributed by atoms with van der Waals surface area (Å²) in [4.78, 5) is 30.6. The van der Waals surface area contributed by atoms with Crippen LogP contribution in [0.2, 0.25) is 5.02 Å². The molecular weight excluding hydrogens is 432 g/mol. The van der Waals surface area contributed by atoms with Gasteiger partial charge < -0.3 is 24.1 Å². The SMILES string of the molecule is COc1cc(C)[nH]c(=O)c1CN1CCc2c(C)cc(C(OC)[C@@H]3CCOC3)c(Cl)c2C1=O. The van der Waals surface area contributed by atoms with Gasteiger partial charge in [0.25, 0.3) is 11.5 Å². The van der Waals surface area contributed by atoms with Crippen LogP contribution in [-0.4, -0.2) is 49.8 Å². The molecule has 0 spiro atoms. The van der Waals surface area contributed by atoms with Crippen LogP contribution in [0.4, 0.5) is 0 Å². The van der Waals surface area contributed by atoms with Crippen molar-refractivity contribution in [2.45, 2.75) is 39.3 Å². The Labute approximate surface area is 192 Å². The van der Waals surface area contributed by atoms with Gasteiger partial charge in [-0.3, -0.25) is 9.59 Å². The van der Waals surface area contributed by atoms with Crippen molar-refractivity contribution in [1.82, 2.24) is 9.88 Å². The molecule has 2 atom stereocenters. The fourth-order valence-corrected chi connectivity index (χ4v) is 5.20. The van der Waals surface area contributed by atoms with Gasteiger partial charge in [-0.25, -0.2) is 0 Å². The summed E-state index contributed by atoms with van der Waals surface area (Å²) in [6.07, 6.45) is 1.32. The number of methoxy groups -OCH3 is 2. The number of hydrogen-bond acceptors (Lipinski definition) is 5. The number of nitrogens with zero attached hydrogens (tertiary/aromatic N) is 1. The second-order valence-electron chi connectivity index (χ2n) is 8.54. The van der Waals surface area contributed by atoms with E-state index in [0.29, 0.717) is 53.8 Å². The molecule has 8 heteroatoms. The van der Waals surface area contributed by atoms with Crippen LogP contribution in [0.5, 0.6) is 5.75 Å². The van der Waals surface area contributed by atoms with Crippen molar-refractivity contribution in [3.63, 3.8) is 0 Å². The van der Waals surface area contributed by atoms with E-state index < -0.39 is 0 Å². The maximum Gasteiger partial charge on any atom is 0.256 e. The van der Waals surface area contributed by atoms with Crippen LogP contribution in [0, 0.1) is 19.8 Å². The van der Waals surface area contributed by atoms with Gasteiger partial charge in [0.05, 0.1) is 42.5 Å². The number of carbonyl (C=O) groups excluding carboxylic acids is 1. The van der Waals surface area contributed by atoms with Crippen LogP contribution in [-0.2, 0) is 22.4 Å². The molecule has 4 rings (SSSR count). The summed E-state index contributed by atoms with van der Waals surface area (Å²) in [5.41, 5.74) is 4.20. The van der Waals surface area contributed by atoms with Gasteiger partial charge in [0.15, 0.2) is 0 Å². The lowest BCUT2D eigenvalue weighted by molar-refractivity contribution is 0.0443. The number of ether oxygens (including phenoxy) is 3. The molecule has 32 heavy (non-hydrogen) atoms. The molecule has 2 aromatic rings. The van der Waals surface area contributed by atoms with Crippen LogP contribution < -0.4 is 10.3 Å². The molecule has 7 nitrogen and oxygen atoms in total. The van der Waals surface area contributed by atoms with Gasteiger partial charge >= 0.3 is 0 Å². The number of fused-ring (bicyclic) bond motifs is 1. The molecule has 1 unspecified atom stereocenters. The minimum absolute atomic E-state index is 0.154. The minimum Gasteiger partial charge on any atom is -0.496 e. The molecule has 172 valence electrons.